The molecular formula is C23H29N3O3S. The highest BCUT2D eigenvalue weighted by Gasteiger charge is 2.14. The minimum Gasteiger partial charge on any atom is -0.493 e. The van der Waals surface area contributed by atoms with E-state index in [2.05, 4.69) is 22.9 Å². The Balaban J connectivity index is 1.95. The lowest BCUT2D eigenvalue weighted by molar-refractivity contribution is -0.116. The fourth-order valence-electron chi connectivity index (χ4n) is 2.77. The number of carbonyl (C=O) groups is 2. The molecule has 0 bridgehead atoms. The smallest absolute Gasteiger partial charge is 0.261 e. The number of carbonyl (C=O) groups excluding carboxylic acids is 2. The van der Waals surface area contributed by atoms with E-state index in [1.807, 2.05) is 13.0 Å². The van der Waals surface area contributed by atoms with E-state index in [0.717, 1.165) is 25.7 Å². The highest BCUT2D eigenvalue weighted by atomic mass is 32.1. The number of anilines is 2. The molecule has 160 valence electrons. The summed E-state index contributed by atoms with van der Waals surface area (Å²) in [5.74, 6) is 0.154. The van der Waals surface area contributed by atoms with Gasteiger partial charge in [-0.25, -0.2) is 0 Å². The van der Waals surface area contributed by atoms with E-state index in [1.165, 1.54) is 0 Å². The van der Waals surface area contributed by atoms with E-state index in [1.54, 1.807) is 42.5 Å². The summed E-state index contributed by atoms with van der Waals surface area (Å²) in [6.07, 6.45) is 4.38. The minimum atomic E-state index is -0.342. The van der Waals surface area contributed by atoms with Crippen molar-refractivity contribution in [2.45, 2.75) is 46.0 Å². The Morgan fingerprint density at radius 2 is 1.67 bits per heavy atom. The molecule has 0 aromatic heterocycles. The lowest BCUT2D eigenvalue weighted by atomic mass is 10.2. The van der Waals surface area contributed by atoms with Crippen LogP contribution in [0.5, 0.6) is 5.75 Å². The van der Waals surface area contributed by atoms with Gasteiger partial charge in [-0.15, -0.1) is 0 Å². The van der Waals surface area contributed by atoms with Gasteiger partial charge in [0, 0.05) is 17.8 Å². The number of ether oxygens (including phenoxy) is 1. The molecule has 0 aliphatic rings. The first-order valence-corrected chi connectivity index (χ1v) is 10.7. The van der Waals surface area contributed by atoms with Gasteiger partial charge in [-0.1, -0.05) is 44.9 Å². The van der Waals surface area contributed by atoms with Gasteiger partial charge in [0.25, 0.3) is 5.91 Å². The monoisotopic (exact) mass is 427 g/mol. The highest BCUT2D eigenvalue weighted by molar-refractivity contribution is 7.80. The molecule has 2 aromatic carbocycles. The number of para-hydroxylation sites is 1. The van der Waals surface area contributed by atoms with Gasteiger partial charge in [-0.05, 0) is 55.4 Å². The summed E-state index contributed by atoms with van der Waals surface area (Å²) in [5.41, 5.74) is 1.76. The average Bonchev–Trinajstić information content (AvgIpc) is 2.71. The largest absolute Gasteiger partial charge is 0.493 e. The number of rotatable bonds is 10. The summed E-state index contributed by atoms with van der Waals surface area (Å²) in [7, 11) is 0. The molecule has 0 fully saturated rings. The van der Waals surface area contributed by atoms with Crippen molar-refractivity contribution in [3.8, 4) is 5.75 Å². The Labute approximate surface area is 183 Å². The van der Waals surface area contributed by atoms with Crippen molar-refractivity contribution in [1.29, 1.82) is 0 Å². The number of benzene rings is 2. The van der Waals surface area contributed by atoms with Crippen molar-refractivity contribution in [1.82, 2.24) is 5.32 Å². The van der Waals surface area contributed by atoms with Crippen molar-refractivity contribution in [3.63, 3.8) is 0 Å². The van der Waals surface area contributed by atoms with Crippen molar-refractivity contribution in [2.75, 3.05) is 17.2 Å². The standard InChI is InChI=1S/C23H29N3O3S/c1-3-5-8-15-29-20-14-7-6-13-19(20)22(28)26-23(30)25-18-12-9-11-17(16-18)24-21(27)10-4-2/h6-7,9,11-14,16H,3-5,8,10,15H2,1-2H3,(H,24,27)(H2,25,26,28,30). The van der Waals surface area contributed by atoms with Gasteiger partial charge < -0.3 is 15.4 Å². The van der Waals surface area contributed by atoms with E-state index in [-0.39, 0.29) is 16.9 Å². The van der Waals surface area contributed by atoms with E-state index >= 15 is 0 Å². The van der Waals surface area contributed by atoms with Crippen LogP contribution in [0.25, 0.3) is 0 Å². The molecule has 0 unspecified atom stereocenters. The predicted molar refractivity (Wildman–Crippen MR) is 125 cm³/mol. The molecule has 7 heteroatoms. The normalized spacial score (nSPS) is 10.2. The molecule has 30 heavy (non-hydrogen) atoms. The Bertz CT molecular complexity index is 870. The summed E-state index contributed by atoms with van der Waals surface area (Å²) < 4.78 is 5.77. The number of hydrogen-bond donors (Lipinski definition) is 3. The predicted octanol–water partition coefficient (Wildman–Crippen LogP) is 5.12. The van der Waals surface area contributed by atoms with Crippen LogP contribution in [-0.2, 0) is 4.79 Å². The topological polar surface area (TPSA) is 79.5 Å². The summed E-state index contributed by atoms with van der Waals surface area (Å²) >= 11 is 5.28. The van der Waals surface area contributed by atoms with Gasteiger partial charge >= 0.3 is 0 Å². The molecule has 6 nitrogen and oxygen atoms in total. The summed E-state index contributed by atoms with van der Waals surface area (Å²) in [5, 5.41) is 8.65. The van der Waals surface area contributed by atoms with Crippen molar-refractivity contribution >= 4 is 40.5 Å². The quantitative estimate of drug-likeness (QED) is 0.362. The van der Waals surface area contributed by atoms with Crippen LogP contribution in [0.3, 0.4) is 0 Å². The highest BCUT2D eigenvalue weighted by Crippen LogP contribution is 2.19. The Hall–Kier alpha value is -2.93. The third-order valence-electron chi connectivity index (χ3n) is 4.25. The maximum Gasteiger partial charge on any atom is 0.261 e. The maximum atomic E-state index is 12.7. The Kier molecular flexibility index (Phi) is 9.80. The van der Waals surface area contributed by atoms with Gasteiger partial charge in [0.15, 0.2) is 5.11 Å². The third-order valence-corrected chi connectivity index (χ3v) is 4.45. The number of amides is 2. The summed E-state index contributed by atoms with van der Waals surface area (Å²) in [6.45, 7) is 4.65. The lowest BCUT2D eigenvalue weighted by Crippen LogP contribution is -2.34. The third kappa shape index (κ3) is 7.83. The van der Waals surface area contributed by atoms with E-state index in [0.29, 0.717) is 35.7 Å². The van der Waals surface area contributed by atoms with Crippen LogP contribution in [-0.4, -0.2) is 23.5 Å². The first-order chi connectivity index (χ1) is 14.5. The van der Waals surface area contributed by atoms with Crippen molar-refractivity contribution in [2.24, 2.45) is 0 Å². The van der Waals surface area contributed by atoms with Crippen LogP contribution in [0.4, 0.5) is 11.4 Å². The zero-order valence-corrected chi connectivity index (χ0v) is 18.3. The second-order valence-corrected chi connectivity index (χ2v) is 7.25. The van der Waals surface area contributed by atoms with Gasteiger partial charge in [-0.3, -0.25) is 14.9 Å². The van der Waals surface area contributed by atoms with Gasteiger partial charge in [0.2, 0.25) is 5.91 Å². The number of hydrogen-bond acceptors (Lipinski definition) is 4. The number of unbranched alkanes of at least 4 members (excludes halogenated alkanes) is 2. The molecule has 2 aromatic rings. The Morgan fingerprint density at radius 1 is 0.933 bits per heavy atom. The summed E-state index contributed by atoms with van der Waals surface area (Å²) in [6, 6.07) is 14.3. The molecule has 0 saturated carbocycles. The first kappa shape index (κ1) is 23.3. The minimum absolute atomic E-state index is 0.0407. The molecule has 2 amide bonds. The molecule has 0 saturated heterocycles. The first-order valence-electron chi connectivity index (χ1n) is 10.3. The Morgan fingerprint density at radius 3 is 2.40 bits per heavy atom. The van der Waals surface area contributed by atoms with Crippen LogP contribution in [0.2, 0.25) is 0 Å². The second-order valence-electron chi connectivity index (χ2n) is 6.84. The second kappa shape index (κ2) is 12.6. The molecule has 3 N–H and O–H groups in total. The van der Waals surface area contributed by atoms with E-state index in [9.17, 15) is 9.59 Å². The molecule has 0 spiro atoms. The molecule has 0 radical (unpaired) electrons. The van der Waals surface area contributed by atoms with Crippen molar-refractivity contribution in [3.05, 3.63) is 54.1 Å². The van der Waals surface area contributed by atoms with E-state index in [4.69, 9.17) is 17.0 Å². The van der Waals surface area contributed by atoms with Crippen LogP contribution < -0.4 is 20.7 Å². The SMILES string of the molecule is CCCCCOc1ccccc1C(=O)NC(=S)Nc1cccc(NC(=O)CCC)c1. The molecule has 0 aliphatic carbocycles. The maximum absolute atomic E-state index is 12.7. The van der Waals surface area contributed by atoms with Crippen molar-refractivity contribution < 1.29 is 14.3 Å². The molecular weight excluding hydrogens is 398 g/mol. The molecule has 0 heterocycles. The van der Waals surface area contributed by atoms with Crippen LogP contribution in [0.15, 0.2) is 48.5 Å². The summed E-state index contributed by atoms with van der Waals surface area (Å²) in [4.78, 5) is 24.4. The molecule has 0 atom stereocenters. The van der Waals surface area contributed by atoms with E-state index < -0.39 is 0 Å². The zero-order valence-electron chi connectivity index (χ0n) is 17.5. The molecule has 0 aliphatic heterocycles. The lowest BCUT2D eigenvalue weighted by Gasteiger charge is -2.13. The van der Waals surface area contributed by atoms with Gasteiger partial charge in [0.05, 0.1) is 12.2 Å². The van der Waals surface area contributed by atoms with Crippen LogP contribution in [0, 0.1) is 0 Å². The fourth-order valence-corrected chi connectivity index (χ4v) is 2.98. The average molecular weight is 428 g/mol. The van der Waals surface area contributed by atoms with Gasteiger partial charge in [0.1, 0.15) is 5.75 Å². The van der Waals surface area contributed by atoms with Gasteiger partial charge in [-0.2, -0.15) is 0 Å². The zero-order chi connectivity index (χ0) is 21.8. The molecule has 2 rings (SSSR count). The van der Waals surface area contributed by atoms with Crippen LogP contribution >= 0.6 is 12.2 Å². The van der Waals surface area contributed by atoms with Crippen LogP contribution in [0.1, 0.15) is 56.3 Å². The fraction of sp³-hybridized carbons (Fsp3) is 0.348. The number of nitrogens with one attached hydrogen (secondary N) is 3. The number of thiocarbonyl (C=S) groups is 1.